The number of esters is 4. The minimum absolute atomic E-state index is 0.107. The van der Waals surface area contributed by atoms with E-state index >= 15 is 0 Å². The van der Waals surface area contributed by atoms with E-state index in [1.807, 2.05) is 0 Å². The normalized spacial score (nSPS) is 13.9. The molecule has 0 aliphatic carbocycles. The van der Waals surface area contributed by atoms with Gasteiger partial charge >= 0.3 is 39.5 Å². The van der Waals surface area contributed by atoms with Gasteiger partial charge in [-0.1, -0.05) is 362 Å². The van der Waals surface area contributed by atoms with Gasteiger partial charge in [-0.2, -0.15) is 0 Å². The maximum absolute atomic E-state index is 13.1. The molecular formula is C78H152O17P2. The molecule has 2 unspecified atom stereocenters. The third-order valence-corrected chi connectivity index (χ3v) is 20.2. The second-order valence-electron chi connectivity index (χ2n) is 28.6. The van der Waals surface area contributed by atoms with Crippen LogP contribution in [0.3, 0.4) is 0 Å². The summed E-state index contributed by atoms with van der Waals surface area (Å²) in [6.45, 7) is 7.23. The highest BCUT2D eigenvalue weighted by atomic mass is 31.2. The van der Waals surface area contributed by atoms with Crippen LogP contribution in [0, 0.1) is 5.92 Å². The van der Waals surface area contributed by atoms with Crippen LogP contribution in [0.25, 0.3) is 0 Å². The number of hydrogen-bond donors (Lipinski definition) is 3. The predicted octanol–water partition coefficient (Wildman–Crippen LogP) is 23.3. The zero-order valence-corrected chi connectivity index (χ0v) is 65.0. The molecular weight excluding hydrogens is 1270 g/mol. The second kappa shape index (κ2) is 71.1. The lowest BCUT2D eigenvalue weighted by Crippen LogP contribution is -2.30. The molecule has 0 spiro atoms. The van der Waals surface area contributed by atoms with Crippen LogP contribution in [0.4, 0.5) is 0 Å². The molecule has 0 aromatic heterocycles. The van der Waals surface area contributed by atoms with Crippen molar-refractivity contribution in [3.63, 3.8) is 0 Å². The maximum Gasteiger partial charge on any atom is 0.472 e. The molecule has 0 fully saturated rings. The van der Waals surface area contributed by atoms with Gasteiger partial charge in [0.25, 0.3) is 0 Å². The Kier molecular flexibility index (Phi) is 69.6. The number of hydrogen-bond acceptors (Lipinski definition) is 15. The zero-order valence-electron chi connectivity index (χ0n) is 63.2. The molecule has 17 nitrogen and oxygen atoms in total. The number of rotatable bonds is 78. The Balaban J connectivity index is 5.10. The molecule has 3 N–H and O–H groups in total. The second-order valence-corrected chi connectivity index (χ2v) is 31.5. The Morgan fingerprint density at radius 2 is 0.474 bits per heavy atom. The van der Waals surface area contributed by atoms with E-state index in [4.69, 9.17) is 37.0 Å². The number of aliphatic hydroxyl groups is 1. The average molecular weight is 1420 g/mol. The smallest absolute Gasteiger partial charge is 0.462 e. The van der Waals surface area contributed by atoms with E-state index < -0.39 is 97.5 Å². The van der Waals surface area contributed by atoms with E-state index in [9.17, 15) is 43.2 Å². The first-order chi connectivity index (χ1) is 47.0. The monoisotopic (exact) mass is 1420 g/mol. The van der Waals surface area contributed by atoms with E-state index in [0.29, 0.717) is 25.7 Å². The van der Waals surface area contributed by atoms with Crippen LogP contribution in [-0.2, 0) is 65.4 Å². The lowest BCUT2D eigenvalue weighted by atomic mass is 10.0. The fourth-order valence-electron chi connectivity index (χ4n) is 12.1. The molecule has 19 heteroatoms. The summed E-state index contributed by atoms with van der Waals surface area (Å²) in [5.74, 6) is -1.34. The molecule has 576 valence electrons. The van der Waals surface area contributed by atoms with Gasteiger partial charge in [-0.3, -0.25) is 37.3 Å². The minimum Gasteiger partial charge on any atom is -0.462 e. The molecule has 0 aromatic carbocycles. The Morgan fingerprint density at radius 3 is 0.701 bits per heavy atom. The van der Waals surface area contributed by atoms with Gasteiger partial charge < -0.3 is 33.8 Å². The van der Waals surface area contributed by atoms with Crippen LogP contribution in [0.5, 0.6) is 0 Å². The highest BCUT2D eigenvalue weighted by Crippen LogP contribution is 2.45. The van der Waals surface area contributed by atoms with E-state index in [-0.39, 0.29) is 25.7 Å². The summed E-state index contributed by atoms with van der Waals surface area (Å²) in [6, 6.07) is 0. The molecule has 97 heavy (non-hydrogen) atoms. The van der Waals surface area contributed by atoms with Gasteiger partial charge in [0.2, 0.25) is 0 Å². The van der Waals surface area contributed by atoms with Crippen molar-refractivity contribution in [3.8, 4) is 0 Å². The Hall–Kier alpha value is -1.94. The molecule has 0 aromatic rings. The molecule has 0 saturated heterocycles. The number of carbonyl (C=O) groups excluding carboxylic acids is 4. The van der Waals surface area contributed by atoms with Crippen LogP contribution in [0.1, 0.15) is 413 Å². The van der Waals surface area contributed by atoms with Crippen molar-refractivity contribution >= 4 is 39.5 Å². The highest BCUT2D eigenvalue weighted by Gasteiger charge is 2.30. The van der Waals surface area contributed by atoms with Gasteiger partial charge in [0.1, 0.15) is 19.3 Å². The summed E-state index contributed by atoms with van der Waals surface area (Å²) in [5, 5.41) is 10.6. The molecule has 0 amide bonds. The van der Waals surface area contributed by atoms with Gasteiger partial charge in [-0.25, -0.2) is 9.13 Å². The predicted molar refractivity (Wildman–Crippen MR) is 395 cm³/mol. The van der Waals surface area contributed by atoms with Crippen molar-refractivity contribution < 1.29 is 80.2 Å². The van der Waals surface area contributed by atoms with E-state index in [1.54, 1.807) is 0 Å². The average Bonchev–Trinajstić information content (AvgIpc) is 2.01. The quantitative estimate of drug-likeness (QED) is 0.0222. The number of aliphatic hydroxyl groups excluding tert-OH is 1. The molecule has 0 radical (unpaired) electrons. The van der Waals surface area contributed by atoms with E-state index in [0.717, 1.165) is 102 Å². The lowest BCUT2D eigenvalue weighted by molar-refractivity contribution is -0.161. The SMILES string of the molecule is CCCCCCCCCCCCCCCCCCCCCCCCC(=O)O[C@H](COC(=O)CCCCCCCCCCCCCCC(C)C)COP(=O)(O)OC[C@@H](O)COP(=O)(O)OC[C@@H](COC(=O)CCCCCCC)OC(=O)CCCCCCCCCCCCCCCCC. The first kappa shape index (κ1) is 95.1. The summed E-state index contributed by atoms with van der Waals surface area (Å²) in [5.41, 5.74) is 0. The van der Waals surface area contributed by atoms with Gasteiger partial charge in [-0.15, -0.1) is 0 Å². The molecule has 0 rings (SSSR count). The Labute approximate surface area is 594 Å². The van der Waals surface area contributed by atoms with Gasteiger partial charge in [0.05, 0.1) is 26.4 Å². The third kappa shape index (κ3) is 72.2. The van der Waals surface area contributed by atoms with Crippen LogP contribution in [0.15, 0.2) is 0 Å². The standard InChI is InChI=1S/C78H152O17P2/c1-6-9-12-15-17-19-21-23-25-26-27-28-29-30-31-33-35-41-45-49-54-59-64-78(83)95-74(68-89-76(81)62-57-52-47-43-39-37-36-38-42-46-51-55-60-71(4)5)70-93-97(86,87)91-66-72(79)65-90-96(84,85)92-69-73(67-88-75(80)61-56-50-14-11-8-3)94-77(82)63-58-53-48-44-40-34-32-24-22-20-18-16-13-10-7-2/h71-74,79H,6-70H2,1-5H3,(H,84,85)(H,86,87)/t72-,73+,74+/m0/s1. The molecule has 5 atom stereocenters. The van der Waals surface area contributed by atoms with Crippen molar-refractivity contribution in [2.24, 2.45) is 5.92 Å². The van der Waals surface area contributed by atoms with Crippen LogP contribution < -0.4 is 0 Å². The largest absolute Gasteiger partial charge is 0.472 e. The summed E-state index contributed by atoms with van der Waals surface area (Å²) < 4.78 is 68.4. The van der Waals surface area contributed by atoms with E-state index in [2.05, 4.69) is 34.6 Å². The van der Waals surface area contributed by atoms with Crippen molar-refractivity contribution in [1.82, 2.24) is 0 Å². The van der Waals surface area contributed by atoms with Gasteiger partial charge in [0, 0.05) is 25.7 Å². The lowest BCUT2D eigenvalue weighted by Gasteiger charge is -2.21. The minimum atomic E-state index is -4.96. The van der Waals surface area contributed by atoms with Crippen LogP contribution in [0.2, 0.25) is 0 Å². The fourth-order valence-corrected chi connectivity index (χ4v) is 13.6. The first-order valence-corrected chi connectivity index (χ1v) is 43.6. The van der Waals surface area contributed by atoms with Crippen LogP contribution >= 0.6 is 15.6 Å². The molecule has 0 saturated carbocycles. The van der Waals surface area contributed by atoms with Crippen molar-refractivity contribution in [3.05, 3.63) is 0 Å². The molecule has 0 aliphatic heterocycles. The first-order valence-electron chi connectivity index (χ1n) is 40.6. The van der Waals surface area contributed by atoms with E-state index in [1.165, 1.54) is 231 Å². The third-order valence-electron chi connectivity index (χ3n) is 18.3. The number of phosphoric acid groups is 2. The van der Waals surface area contributed by atoms with Crippen molar-refractivity contribution in [2.75, 3.05) is 39.6 Å². The molecule has 0 aliphatic rings. The topological polar surface area (TPSA) is 237 Å². The zero-order chi connectivity index (χ0) is 71.2. The van der Waals surface area contributed by atoms with Crippen molar-refractivity contribution in [2.45, 2.75) is 432 Å². The number of carbonyl (C=O) groups is 4. The summed E-state index contributed by atoms with van der Waals surface area (Å²) in [4.78, 5) is 72.6. The highest BCUT2D eigenvalue weighted by molar-refractivity contribution is 7.47. The Bertz CT molecular complexity index is 1860. The Morgan fingerprint density at radius 1 is 0.278 bits per heavy atom. The molecule has 0 heterocycles. The number of ether oxygens (including phenoxy) is 4. The van der Waals surface area contributed by atoms with Crippen molar-refractivity contribution in [1.29, 1.82) is 0 Å². The number of unbranched alkanes of at least 4 members (excludes halogenated alkanes) is 50. The summed E-state index contributed by atoms with van der Waals surface area (Å²) >= 11 is 0. The van der Waals surface area contributed by atoms with Gasteiger partial charge in [-0.05, 0) is 31.6 Å². The summed E-state index contributed by atoms with van der Waals surface area (Å²) in [7, 11) is -9.90. The molecule has 0 bridgehead atoms. The number of phosphoric ester groups is 2. The van der Waals surface area contributed by atoms with Gasteiger partial charge in [0.15, 0.2) is 12.2 Å². The van der Waals surface area contributed by atoms with Crippen LogP contribution in [-0.4, -0.2) is 96.7 Å². The fraction of sp³-hybridized carbons (Fsp3) is 0.949. The summed E-state index contributed by atoms with van der Waals surface area (Å²) in [6.07, 6.45) is 61.6. The maximum atomic E-state index is 13.1.